The van der Waals surface area contributed by atoms with Crippen molar-refractivity contribution >= 4 is 5.96 Å². The Kier molecular flexibility index (Phi) is 7.71. The second kappa shape index (κ2) is 11.3. The molecular weight excluding hydrogens is 386 g/mol. The Morgan fingerprint density at radius 1 is 1.03 bits per heavy atom. The summed E-state index contributed by atoms with van der Waals surface area (Å²) >= 11 is 0. The maximum Gasteiger partial charge on any atom is 0.191 e. The number of piperidine rings is 1. The third kappa shape index (κ3) is 6.96. The zero-order valence-corrected chi connectivity index (χ0v) is 17.9. The first-order chi connectivity index (χ1) is 15.3. The van der Waals surface area contributed by atoms with E-state index < -0.39 is 0 Å². The lowest BCUT2D eigenvalue weighted by Crippen LogP contribution is -2.49. The van der Waals surface area contributed by atoms with Crippen LogP contribution in [0, 0.1) is 0 Å². The zero-order chi connectivity index (χ0) is 21.1. The van der Waals surface area contributed by atoms with Gasteiger partial charge in [0.1, 0.15) is 5.76 Å². The van der Waals surface area contributed by atoms with Crippen LogP contribution in [0.2, 0.25) is 0 Å². The summed E-state index contributed by atoms with van der Waals surface area (Å²) in [5, 5.41) is 7.14. The minimum atomic E-state index is 0.422. The van der Waals surface area contributed by atoms with E-state index in [4.69, 9.17) is 9.41 Å². The lowest BCUT2D eigenvalue weighted by atomic mass is 10.0. The Morgan fingerprint density at radius 2 is 1.87 bits per heavy atom. The molecule has 1 aromatic carbocycles. The molecule has 0 atom stereocenters. The van der Waals surface area contributed by atoms with Crippen molar-refractivity contribution in [3.8, 4) is 0 Å². The molecule has 31 heavy (non-hydrogen) atoms. The molecule has 6 heteroatoms. The first-order valence-electron chi connectivity index (χ1n) is 11.1. The molecule has 4 rings (SSSR count). The van der Waals surface area contributed by atoms with E-state index in [1.165, 1.54) is 5.56 Å². The number of nitrogens with one attached hydrogen (secondary N) is 2. The van der Waals surface area contributed by atoms with Crippen molar-refractivity contribution in [2.75, 3.05) is 19.6 Å². The van der Waals surface area contributed by atoms with Gasteiger partial charge in [0.25, 0.3) is 0 Å². The number of nitrogens with zero attached hydrogens (tertiary/aromatic N) is 3. The molecule has 0 bridgehead atoms. The number of aromatic nitrogens is 1. The summed E-state index contributed by atoms with van der Waals surface area (Å²) in [7, 11) is 0. The largest absolute Gasteiger partial charge is 0.469 e. The number of pyridine rings is 1. The van der Waals surface area contributed by atoms with Crippen LogP contribution in [-0.2, 0) is 19.5 Å². The second-order valence-corrected chi connectivity index (χ2v) is 7.92. The van der Waals surface area contributed by atoms with E-state index in [0.29, 0.717) is 12.6 Å². The van der Waals surface area contributed by atoms with Crippen LogP contribution in [0.3, 0.4) is 0 Å². The number of hydrogen-bond acceptors (Lipinski definition) is 4. The highest BCUT2D eigenvalue weighted by Gasteiger charge is 2.20. The Morgan fingerprint density at radius 3 is 2.61 bits per heavy atom. The Hall–Kier alpha value is -3.12. The molecule has 1 fully saturated rings. The number of hydrogen-bond donors (Lipinski definition) is 2. The van der Waals surface area contributed by atoms with Gasteiger partial charge in [-0.05, 0) is 42.7 Å². The number of rotatable bonds is 8. The number of benzene rings is 1. The van der Waals surface area contributed by atoms with Crippen molar-refractivity contribution in [1.29, 1.82) is 0 Å². The highest BCUT2D eigenvalue weighted by Crippen LogP contribution is 2.13. The van der Waals surface area contributed by atoms with E-state index in [2.05, 4.69) is 56.9 Å². The topological polar surface area (TPSA) is 65.7 Å². The van der Waals surface area contributed by atoms with Gasteiger partial charge < -0.3 is 15.1 Å². The molecule has 2 aromatic heterocycles. The van der Waals surface area contributed by atoms with Gasteiger partial charge >= 0.3 is 0 Å². The lowest BCUT2D eigenvalue weighted by Gasteiger charge is -2.33. The van der Waals surface area contributed by atoms with E-state index in [1.807, 2.05) is 30.5 Å². The van der Waals surface area contributed by atoms with E-state index in [-0.39, 0.29) is 0 Å². The Bertz CT molecular complexity index is 904. The van der Waals surface area contributed by atoms with Crippen molar-refractivity contribution in [2.45, 2.75) is 38.4 Å². The molecule has 1 aliphatic heterocycles. The van der Waals surface area contributed by atoms with Crippen LogP contribution in [-0.4, -0.2) is 41.5 Å². The predicted molar refractivity (Wildman–Crippen MR) is 124 cm³/mol. The lowest BCUT2D eigenvalue weighted by molar-refractivity contribution is 0.196. The minimum absolute atomic E-state index is 0.422. The van der Waals surface area contributed by atoms with Crippen molar-refractivity contribution in [2.24, 2.45) is 4.99 Å². The van der Waals surface area contributed by atoms with Gasteiger partial charge in [-0.1, -0.05) is 36.4 Å². The third-order valence-corrected chi connectivity index (χ3v) is 5.55. The molecule has 0 amide bonds. The van der Waals surface area contributed by atoms with Gasteiger partial charge in [-0.25, -0.2) is 4.99 Å². The standard InChI is InChI=1S/C25H31N5O/c1-2-7-21(8-3-1)19-28-25(27-15-11-24-10-6-18-31-24)29-22-12-16-30(17-13-22)20-23-9-4-5-14-26-23/h1-10,14,18,22H,11-13,15-17,19-20H2,(H2,27,28,29). The first kappa shape index (κ1) is 21.1. The summed E-state index contributed by atoms with van der Waals surface area (Å²) in [4.78, 5) is 11.8. The highest BCUT2D eigenvalue weighted by molar-refractivity contribution is 5.80. The fourth-order valence-electron chi connectivity index (χ4n) is 3.81. The summed E-state index contributed by atoms with van der Waals surface area (Å²) in [5.74, 6) is 1.86. The Labute approximate surface area is 184 Å². The van der Waals surface area contributed by atoms with E-state index >= 15 is 0 Å². The van der Waals surface area contributed by atoms with Gasteiger partial charge in [-0.2, -0.15) is 0 Å². The van der Waals surface area contributed by atoms with Crippen molar-refractivity contribution in [1.82, 2.24) is 20.5 Å². The van der Waals surface area contributed by atoms with E-state index in [0.717, 1.165) is 62.9 Å². The van der Waals surface area contributed by atoms with Gasteiger partial charge in [0.15, 0.2) is 5.96 Å². The van der Waals surface area contributed by atoms with E-state index in [9.17, 15) is 0 Å². The highest BCUT2D eigenvalue weighted by atomic mass is 16.3. The van der Waals surface area contributed by atoms with Crippen LogP contribution < -0.4 is 10.6 Å². The summed E-state index contributed by atoms with van der Waals surface area (Å²) in [6.07, 6.45) is 6.61. The molecule has 0 radical (unpaired) electrons. The van der Waals surface area contributed by atoms with Crippen LogP contribution in [0.15, 0.2) is 82.5 Å². The SMILES string of the molecule is c1ccc(CN=C(NCCc2ccco2)NC2CCN(Cc3ccccn3)CC2)cc1. The predicted octanol–water partition coefficient (Wildman–Crippen LogP) is 3.62. The summed E-state index contributed by atoms with van der Waals surface area (Å²) in [5.41, 5.74) is 2.35. The van der Waals surface area contributed by atoms with Crippen LogP contribution in [0.25, 0.3) is 0 Å². The van der Waals surface area contributed by atoms with Gasteiger partial charge in [0.2, 0.25) is 0 Å². The fourth-order valence-corrected chi connectivity index (χ4v) is 3.81. The van der Waals surface area contributed by atoms with E-state index in [1.54, 1.807) is 6.26 Å². The normalized spacial score (nSPS) is 15.7. The number of furan rings is 1. The molecule has 1 aliphatic rings. The quantitative estimate of drug-likeness (QED) is 0.433. The van der Waals surface area contributed by atoms with Gasteiger partial charge in [0.05, 0.1) is 18.5 Å². The van der Waals surface area contributed by atoms with Crippen molar-refractivity contribution in [3.63, 3.8) is 0 Å². The molecule has 2 N–H and O–H groups in total. The average Bonchev–Trinajstić information content (AvgIpc) is 3.34. The maximum atomic E-state index is 5.44. The molecular formula is C25H31N5O. The smallest absolute Gasteiger partial charge is 0.191 e. The fraction of sp³-hybridized carbons (Fsp3) is 0.360. The van der Waals surface area contributed by atoms with Gasteiger partial charge in [0, 0.05) is 44.8 Å². The van der Waals surface area contributed by atoms with Crippen molar-refractivity contribution < 1.29 is 4.42 Å². The summed E-state index contributed by atoms with van der Waals surface area (Å²) < 4.78 is 5.44. The van der Waals surface area contributed by atoms with Crippen LogP contribution >= 0.6 is 0 Å². The molecule has 0 aliphatic carbocycles. The average molecular weight is 418 g/mol. The monoisotopic (exact) mass is 417 g/mol. The number of likely N-dealkylation sites (tertiary alicyclic amines) is 1. The molecule has 3 heterocycles. The molecule has 0 spiro atoms. The van der Waals surface area contributed by atoms with Crippen LogP contribution in [0.5, 0.6) is 0 Å². The van der Waals surface area contributed by atoms with Gasteiger partial charge in [-0.3, -0.25) is 9.88 Å². The van der Waals surface area contributed by atoms with Crippen LogP contribution in [0.1, 0.15) is 29.9 Å². The summed E-state index contributed by atoms with van der Waals surface area (Å²) in [6, 6.07) is 20.8. The molecule has 0 saturated carbocycles. The number of aliphatic imine (C=N–C) groups is 1. The first-order valence-corrected chi connectivity index (χ1v) is 11.1. The summed E-state index contributed by atoms with van der Waals surface area (Å²) in [6.45, 7) is 4.49. The maximum absolute atomic E-state index is 5.44. The second-order valence-electron chi connectivity index (χ2n) is 7.92. The molecule has 162 valence electrons. The minimum Gasteiger partial charge on any atom is -0.469 e. The molecule has 1 saturated heterocycles. The third-order valence-electron chi connectivity index (χ3n) is 5.55. The van der Waals surface area contributed by atoms with Crippen LogP contribution in [0.4, 0.5) is 0 Å². The van der Waals surface area contributed by atoms with Crippen molar-refractivity contribution in [3.05, 3.63) is 90.1 Å². The molecule has 6 nitrogen and oxygen atoms in total. The number of guanidine groups is 1. The van der Waals surface area contributed by atoms with Gasteiger partial charge in [-0.15, -0.1) is 0 Å². The molecule has 3 aromatic rings. The molecule has 0 unspecified atom stereocenters. The Balaban J connectivity index is 1.29. The zero-order valence-electron chi connectivity index (χ0n) is 17.9.